The fourth-order valence-corrected chi connectivity index (χ4v) is 3.02. The summed E-state index contributed by atoms with van der Waals surface area (Å²) in [5.41, 5.74) is 7.14. The zero-order valence-electron chi connectivity index (χ0n) is 13.6. The van der Waals surface area contributed by atoms with Crippen LogP contribution in [0.2, 0.25) is 0 Å². The second-order valence-corrected chi connectivity index (χ2v) is 7.89. The summed E-state index contributed by atoms with van der Waals surface area (Å²) in [7, 11) is -3.21. The summed E-state index contributed by atoms with van der Waals surface area (Å²) in [4.78, 5) is 2.63. The number of rotatable bonds is 7. The summed E-state index contributed by atoms with van der Waals surface area (Å²) in [6.45, 7) is 10.4. The van der Waals surface area contributed by atoms with Gasteiger partial charge in [0.2, 0.25) is 0 Å². The Kier molecular flexibility index (Phi) is 6.04. The molecule has 0 saturated heterocycles. The van der Waals surface area contributed by atoms with Crippen molar-refractivity contribution in [2.75, 3.05) is 30.4 Å². The molecular weight excluding hydrogens is 286 g/mol. The standard InChI is InChI=1S/C15H27N3O2S/c1-11(2)18(12(3)4)9-8-17-15-7-6-13(10-14(15)16)21(5,19)20/h6-7,10-12,17H,8-9,16H2,1-5H3. The second kappa shape index (κ2) is 7.13. The average Bonchev–Trinajstić information content (AvgIpc) is 2.33. The van der Waals surface area contributed by atoms with Crippen LogP contribution >= 0.6 is 0 Å². The third-order valence-electron chi connectivity index (χ3n) is 3.46. The molecule has 0 aromatic heterocycles. The highest BCUT2D eigenvalue weighted by atomic mass is 32.2. The highest BCUT2D eigenvalue weighted by Crippen LogP contribution is 2.22. The minimum Gasteiger partial charge on any atom is -0.397 e. The van der Waals surface area contributed by atoms with Gasteiger partial charge < -0.3 is 11.1 Å². The molecule has 0 amide bonds. The molecule has 0 spiro atoms. The van der Waals surface area contributed by atoms with Crippen molar-refractivity contribution in [3.05, 3.63) is 18.2 Å². The van der Waals surface area contributed by atoms with Gasteiger partial charge in [-0.25, -0.2) is 8.42 Å². The highest BCUT2D eigenvalue weighted by Gasteiger charge is 2.13. The van der Waals surface area contributed by atoms with Crippen molar-refractivity contribution in [2.24, 2.45) is 0 Å². The Morgan fingerprint density at radius 2 is 1.76 bits per heavy atom. The molecule has 0 radical (unpaired) electrons. The second-order valence-electron chi connectivity index (χ2n) is 5.87. The van der Waals surface area contributed by atoms with Crippen LogP contribution in [0, 0.1) is 0 Å². The summed E-state index contributed by atoms with van der Waals surface area (Å²) in [5, 5.41) is 3.27. The molecule has 0 aliphatic carbocycles. The maximum absolute atomic E-state index is 11.5. The van der Waals surface area contributed by atoms with Gasteiger partial charge in [-0.05, 0) is 45.9 Å². The van der Waals surface area contributed by atoms with Gasteiger partial charge >= 0.3 is 0 Å². The van der Waals surface area contributed by atoms with Crippen molar-refractivity contribution in [2.45, 2.75) is 44.7 Å². The predicted molar refractivity (Wildman–Crippen MR) is 89.4 cm³/mol. The number of anilines is 2. The molecule has 6 heteroatoms. The van der Waals surface area contributed by atoms with E-state index in [0.29, 0.717) is 17.8 Å². The third kappa shape index (κ3) is 5.21. The molecule has 1 aromatic rings. The summed E-state index contributed by atoms with van der Waals surface area (Å²) in [6, 6.07) is 5.77. The topological polar surface area (TPSA) is 75.4 Å². The van der Waals surface area contributed by atoms with Crippen molar-refractivity contribution in [1.82, 2.24) is 4.90 Å². The van der Waals surface area contributed by atoms with E-state index in [-0.39, 0.29) is 4.90 Å². The molecule has 1 aromatic carbocycles. The Labute approximate surface area is 128 Å². The van der Waals surface area contributed by atoms with Gasteiger partial charge in [0.05, 0.1) is 16.3 Å². The molecule has 3 N–H and O–H groups in total. The number of hydrogen-bond acceptors (Lipinski definition) is 5. The van der Waals surface area contributed by atoms with Crippen LogP contribution in [0.1, 0.15) is 27.7 Å². The molecule has 1 rings (SSSR count). The molecule has 0 aliphatic heterocycles. The SMILES string of the molecule is CC(C)N(CCNc1ccc(S(C)(=O)=O)cc1N)C(C)C. The molecule has 0 unspecified atom stereocenters. The van der Waals surface area contributed by atoms with Crippen LogP contribution in [0.25, 0.3) is 0 Å². The van der Waals surface area contributed by atoms with Crippen LogP contribution in [0.15, 0.2) is 23.1 Å². The van der Waals surface area contributed by atoms with E-state index in [1.165, 1.54) is 12.3 Å². The van der Waals surface area contributed by atoms with E-state index < -0.39 is 9.84 Å². The summed E-state index contributed by atoms with van der Waals surface area (Å²) in [6.07, 6.45) is 1.18. The van der Waals surface area contributed by atoms with Crippen LogP contribution in [0.5, 0.6) is 0 Å². The largest absolute Gasteiger partial charge is 0.397 e. The maximum atomic E-state index is 11.5. The number of benzene rings is 1. The van der Waals surface area contributed by atoms with Crippen LogP contribution in [0.3, 0.4) is 0 Å². The first-order valence-electron chi connectivity index (χ1n) is 7.22. The van der Waals surface area contributed by atoms with E-state index in [1.54, 1.807) is 12.1 Å². The van der Waals surface area contributed by atoms with Crippen LogP contribution in [-0.2, 0) is 9.84 Å². The highest BCUT2D eigenvalue weighted by molar-refractivity contribution is 7.90. The first-order chi connectivity index (χ1) is 9.62. The van der Waals surface area contributed by atoms with E-state index in [2.05, 4.69) is 37.9 Å². The van der Waals surface area contributed by atoms with Gasteiger partial charge in [0.25, 0.3) is 0 Å². The van der Waals surface area contributed by atoms with Crippen LogP contribution < -0.4 is 11.1 Å². The maximum Gasteiger partial charge on any atom is 0.175 e. The molecule has 0 atom stereocenters. The molecule has 0 heterocycles. The molecule has 120 valence electrons. The van der Waals surface area contributed by atoms with Gasteiger partial charge in [0.1, 0.15) is 0 Å². The molecule has 21 heavy (non-hydrogen) atoms. The lowest BCUT2D eigenvalue weighted by atomic mass is 10.2. The number of nitrogen functional groups attached to an aromatic ring is 1. The van der Waals surface area contributed by atoms with Gasteiger partial charge in [0.15, 0.2) is 9.84 Å². The van der Waals surface area contributed by atoms with E-state index in [4.69, 9.17) is 5.73 Å². The van der Waals surface area contributed by atoms with Crippen molar-refractivity contribution in [1.29, 1.82) is 0 Å². The minimum absolute atomic E-state index is 0.247. The Morgan fingerprint density at radius 1 is 1.19 bits per heavy atom. The Bertz CT molecular complexity index is 560. The van der Waals surface area contributed by atoms with Gasteiger partial charge in [-0.1, -0.05) is 0 Å². The summed E-state index contributed by atoms with van der Waals surface area (Å²) >= 11 is 0. The molecule has 0 bridgehead atoms. The first-order valence-corrected chi connectivity index (χ1v) is 9.11. The van der Waals surface area contributed by atoms with Crippen molar-refractivity contribution < 1.29 is 8.42 Å². The molecule has 0 fully saturated rings. The lowest BCUT2D eigenvalue weighted by Crippen LogP contribution is -2.40. The summed E-state index contributed by atoms with van der Waals surface area (Å²) in [5.74, 6) is 0. The number of nitrogens with one attached hydrogen (secondary N) is 1. The van der Waals surface area contributed by atoms with Crippen molar-refractivity contribution in [3.63, 3.8) is 0 Å². The van der Waals surface area contributed by atoms with Crippen molar-refractivity contribution in [3.8, 4) is 0 Å². The Balaban J connectivity index is 2.69. The predicted octanol–water partition coefficient (Wildman–Crippen LogP) is 2.20. The lowest BCUT2D eigenvalue weighted by molar-refractivity contribution is 0.182. The molecule has 0 saturated carbocycles. The minimum atomic E-state index is -3.21. The number of nitrogens with two attached hydrogens (primary N) is 1. The van der Waals surface area contributed by atoms with E-state index >= 15 is 0 Å². The fraction of sp³-hybridized carbons (Fsp3) is 0.600. The first kappa shape index (κ1) is 17.8. The van der Waals surface area contributed by atoms with Crippen LogP contribution in [0.4, 0.5) is 11.4 Å². The van der Waals surface area contributed by atoms with Gasteiger partial charge in [0, 0.05) is 31.4 Å². The summed E-state index contributed by atoms with van der Waals surface area (Å²) < 4.78 is 22.9. The zero-order valence-corrected chi connectivity index (χ0v) is 14.4. The number of nitrogens with zero attached hydrogens (tertiary/aromatic N) is 1. The quantitative estimate of drug-likeness (QED) is 0.755. The molecule has 5 nitrogen and oxygen atoms in total. The van der Waals surface area contributed by atoms with Gasteiger partial charge in [-0.15, -0.1) is 0 Å². The van der Waals surface area contributed by atoms with E-state index in [9.17, 15) is 8.42 Å². The Hall–Kier alpha value is -1.27. The van der Waals surface area contributed by atoms with Crippen molar-refractivity contribution >= 4 is 21.2 Å². The molecular formula is C15H27N3O2S. The smallest absolute Gasteiger partial charge is 0.175 e. The number of hydrogen-bond donors (Lipinski definition) is 2. The van der Waals surface area contributed by atoms with Gasteiger partial charge in [-0.3, -0.25) is 4.90 Å². The monoisotopic (exact) mass is 313 g/mol. The Morgan fingerprint density at radius 3 is 2.19 bits per heavy atom. The molecule has 0 aliphatic rings. The zero-order chi connectivity index (χ0) is 16.2. The van der Waals surface area contributed by atoms with Crippen LogP contribution in [-0.4, -0.2) is 44.7 Å². The average molecular weight is 313 g/mol. The normalized spacial score (nSPS) is 12.4. The third-order valence-corrected chi connectivity index (χ3v) is 4.57. The number of sulfone groups is 1. The van der Waals surface area contributed by atoms with Gasteiger partial charge in [-0.2, -0.15) is 0 Å². The fourth-order valence-electron chi connectivity index (χ4n) is 2.36. The lowest BCUT2D eigenvalue weighted by Gasteiger charge is -2.30. The van der Waals surface area contributed by atoms with E-state index in [1.807, 2.05) is 0 Å². The van der Waals surface area contributed by atoms with E-state index in [0.717, 1.165) is 18.8 Å².